The second kappa shape index (κ2) is 10.0. The average molecular weight is 496 g/mol. The summed E-state index contributed by atoms with van der Waals surface area (Å²) in [6, 6.07) is 13.7. The van der Waals surface area contributed by atoms with Crippen molar-refractivity contribution in [2.24, 2.45) is 0 Å². The highest BCUT2D eigenvalue weighted by atomic mass is 32.2. The zero-order chi connectivity index (χ0) is 25.2. The number of benzene rings is 2. The maximum atomic E-state index is 12.9. The molecule has 0 bridgehead atoms. The van der Waals surface area contributed by atoms with E-state index in [4.69, 9.17) is 0 Å². The highest BCUT2D eigenvalue weighted by Gasteiger charge is 2.27. The number of nitrogens with one attached hydrogen (secondary N) is 2. The van der Waals surface area contributed by atoms with Crippen LogP contribution in [0.4, 0.5) is 0 Å². The number of aromatic nitrogens is 2. The Bertz CT molecular complexity index is 1360. The second-order valence-electron chi connectivity index (χ2n) is 8.40. The molecule has 9 nitrogen and oxygen atoms in total. The fourth-order valence-corrected chi connectivity index (χ4v) is 5.78. The summed E-state index contributed by atoms with van der Waals surface area (Å²) in [6.07, 6.45) is 2.49. The molecule has 35 heavy (non-hydrogen) atoms. The quantitative estimate of drug-likeness (QED) is 0.490. The normalized spacial score (nSPS) is 13.0. The first kappa shape index (κ1) is 24.6. The van der Waals surface area contributed by atoms with Crippen LogP contribution in [0.25, 0.3) is 5.69 Å². The lowest BCUT2D eigenvalue weighted by Crippen LogP contribution is -2.42. The lowest BCUT2D eigenvalue weighted by Gasteiger charge is -2.18. The van der Waals surface area contributed by atoms with Crippen molar-refractivity contribution < 1.29 is 18.0 Å². The molecule has 0 aliphatic heterocycles. The summed E-state index contributed by atoms with van der Waals surface area (Å²) < 4.78 is 28.7. The molecule has 1 aliphatic carbocycles. The molecule has 2 amide bonds. The maximum Gasteiger partial charge on any atom is 0.290 e. The van der Waals surface area contributed by atoms with E-state index in [9.17, 15) is 18.0 Å². The third-order valence-corrected chi connectivity index (χ3v) is 8.20. The van der Waals surface area contributed by atoms with Gasteiger partial charge in [-0.25, -0.2) is 13.1 Å². The molecule has 0 radical (unpaired) electrons. The molecule has 184 valence electrons. The number of rotatable bonds is 7. The minimum Gasteiger partial charge on any atom is -0.267 e. The van der Waals surface area contributed by atoms with Crippen molar-refractivity contribution in [1.29, 1.82) is 0 Å². The van der Waals surface area contributed by atoms with Gasteiger partial charge in [-0.15, -0.1) is 0 Å². The predicted molar refractivity (Wildman–Crippen MR) is 132 cm³/mol. The highest BCUT2D eigenvalue weighted by Crippen LogP contribution is 2.28. The van der Waals surface area contributed by atoms with Gasteiger partial charge in [-0.05, 0) is 56.5 Å². The van der Waals surface area contributed by atoms with Gasteiger partial charge in [-0.2, -0.15) is 9.40 Å². The number of sulfonamides is 1. The van der Waals surface area contributed by atoms with Crippen LogP contribution in [0.5, 0.6) is 0 Å². The Balaban J connectivity index is 1.51. The van der Waals surface area contributed by atoms with Crippen LogP contribution in [0.2, 0.25) is 0 Å². The van der Waals surface area contributed by atoms with Crippen LogP contribution < -0.4 is 10.9 Å². The zero-order valence-corrected chi connectivity index (χ0v) is 20.9. The fraction of sp³-hybridized carbons (Fsp3) is 0.320. The van der Waals surface area contributed by atoms with Crippen LogP contribution in [0, 0.1) is 6.92 Å². The number of aryl methyl sites for hydroxylation is 1. The highest BCUT2D eigenvalue weighted by molar-refractivity contribution is 7.89. The number of carbonyl (C=O) groups excluding carboxylic acids is 2. The minimum atomic E-state index is -3.71. The number of hydrogen-bond donors (Lipinski definition) is 2. The number of nitrogens with zero attached hydrogens (tertiary/aromatic N) is 3. The lowest BCUT2D eigenvalue weighted by molar-refractivity contribution is 0.0843. The molecule has 2 N–H and O–H groups in total. The van der Waals surface area contributed by atoms with Gasteiger partial charge in [0.05, 0.1) is 10.6 Å². The number of hydrazine groups is 1. The van der Waals surface area contributed by atoms with Gasteiger partial charge in [0.25, 0.3) is 11.8 Å². The van der Waals surface area contributed by atoms with Crippen molar-refractivity contribution in [3.63, 3.8) is 0 Å². The second-order valence-corrected chi connectivity index (χ2v) is 10.3. The molecule has 3 aromatic rings. The van der Waals surface area contributed by atoms with Crippen LogP contribution >= 0.6 is 0 Å². The number of hydrogen-bond acceptors (Lipinski definition) is 5. The summed E-state index contributed by atoms with van der Waals surface area (Å²) in [6.45, 7) is 6.16. The van der Waals surface area contributed by atoms with Crippen LogP contribution in [0.1, 0.15) is 57.9 Å². The summed E-state index contributed by atoms with van der Waals surface area (Å²) in [4.78, 5) is 25.7. The first-order valence-electron chi connectivity index (χ1n) is 11.6. The Labute approximate surface area is 205 Å². The largest absolute Gasteiger partial charge is 0.290 e. The zero-order valence-electron chi connectivity index (χ0n) is 20.0. The lowest BCUT2D eigenvalue weighted by atomic mass is 10.2. The van der Waals surface area contributed by atoms with Crippen molar-refractivity contribution in [3.05, 3.63) is 76.6 Å². The van der Waals surface area contributed by atoms with Gasteiger partial charge >= 0.3 is 0 Å². The number of carbonyl (C=O) groups is 2. The van der Waals surface area contributed by atoms with E-state index in [2.05, 4.69) is 16.0 Å². The van der Waals surface area contributed by atoms with Gasteiger partial charge in [0.2, 0.25) is 10.0 Å². The maximum absolute atomic E-state index is 12.9. The van der Waals surface area contributed by atoms with Crippen LogP contribution in [0.15, 0.2) is 53.4 Å². The van der Waals surface area contributed by atoms with Gasteiger partial charge in [0.15, 0.2) is 5.69 Å². The first-order valence-corrected chi connectivity index (χ1v) is 13.1. The Morgan fingerprint density at radius 2 is 1.69 bits per heavy atom. The third-order valence-electron chi connectivity index (χ3n) is 6.15. The molecular formula is C25H29N5O4S. The minimum absolute atomic E-state index is 0.0230. The topological polar surface area (TPSA) is 113 Å². The average Bonchev–Trinajstić information content (AvgIpc) is 3.47. The van der Waals surface area contributed by atoms with E-state index in [1.165, 1.54) is 28.6 Å². The van der Waals surface area contributed by atoms with E-state index in [-0.39, 0.29) is 16.2 Å². The standard InChI is InChI=1S/C25H29N5O4S/c1-4-29(5-2)35(33,34)20-9-6-8-18(16-20)24(31)26-27-25(32)23-21-10-7-11-22(21)30(28-23)19-14-12-17(3)13-15-19/h6,8-9,12-16H,4-5,7,10-11H2,1-3H3,(H,26,31)(H,27,32). The number of amides is 2. The Hall–Kier alpha value is -3.50. The molecule has 1 heterocycles. The molecule has 10 heteroatoms. The summed E-state index contributed by atoms with van der Waals surface area (Å²) >= 11 is 0. The smallest absolute Gasteiger partial charge is 0.267 e. The Morgan fingerprint density at radius 1 is 1.00 bits per heavy atom. The molecule has 0 spiro atoms. The van der Waals surface area contributed by atoms with Gasteiger partial charge in [-0.3, -0.25) is 20.4 Å². The Morgan fingerprint density at radius 3 is 2.37 bits per heavy atom. The van der Waals surface area contributed by atoms with Crippen LogP contribution in [-0.4, -0.2) is 47.4 Å². The molecule has 0 saturated heterocycles. The molecule has 0 saturated carbocycles. The molecule has 1 aliphatic rings. The van der Waals surface area contributed by atoms with Gasteiger partial charge in [-0.1, -0.05) is 37.6 Å². The van der Waals surface area contributed by atoms with Gasteiger partial charge < -0.3 is 0 Å². The van der Waals surface area contributed by atoms with E-state index in [1.807, 2.05) is 31.2 Å². The van der Waals surface area contributed by atoms with Crippen molar-refractivity contribution in [1.82, 2.24) is 24.9 Å². The van der Waals surface area contributed by atoms with Crippen molar-refractivity contribution in [2.45, 2.75) is 44.9 Å². The predicted octanol–water partition coefficient (Wildman–Crippen LogP) is 2.77. The summed E-state index contributed by atoms with van der Waals surface area (Å²) in [5.74, 6) is -1.14. The SMILES string of the molecule is CCN(CC)S(=O)(=O)c1cccc(C(=O)NNC(=O)c2nn(-c3ccc(C)cc3)c3c2CCC3)c1. The molecular weight excluding hydrogens is 466 g/mol. The van der Waals surface area contributed by atoms with E-state index >= 15 is 0 Å². The molecule has 0 unspecified atom stereocenters. The van der Waals surface area contributed by atoms with E-state index in [0.29, 0.717) is 13.1 Å². The van der Waals surface area contributed by atoms with Crippen molar-refractivity contribution in [2.75, 3.05) is 13.1 Å². The van der Waals surface area contributed by atoms with Crippen molar-refractivity contribution >= 4 is 21.8 Å². The molecule has 0 fully saturated rings. The third kappa shape index (κ3) is 4.85. The molecule has 4 rings (SSSR count). The van der Waals surface area contributed by atoms with E-state index < -0.39 is 21.8 Å². The van der Waals surface area contributed by atoms with Crippen molar-refractivity contribution in [3.8, 4) is 5.69 Å². The molecule has 2 aromatic carbocycles. The first-order chi connectivity index (χ1) is 16.8. The number of fused-ring (bicyclic) bond motifs is 1. The van der Waals surface area contributed by atoms with E-state index in [0.717, 1.165) is 41.8 Å². The monoisotopic (exact) mass is 495 g/mol. The van der Waals surface area contributed by atoms with Gasteiger partial charge in [0, 0.05) is 29.9 Å². The summed E-state index contributed by atoms with van der Waals surface area (Å²) in [5, 5.41) is 4.54. The van der Waals surface area contributed by atoms with Crippen LogP contribution in [-0.2, 0) is 22.9 Å². The van der Waals surface area contributed by atoms with E-state index in [1.54, 1.807) is 18.5 Å². The van der Waals surface area contributed by atoms with Crippen LogP contribution in [0.3, 0.4) is 0 Å². The Kier molecular flexibility index (Phi) is 7.04. The summed E-state index contributed by atoms with van der Waals surface area (Å²) in [7, 11) is -3.71. The van der Waals surface area contributed by atoms with Gasteiger partial charge in [0.1, 0.15) is 0 Å². The fourth-order valence-electron chi connectivity index (χ4n) is 4.27. The molecule has 0 atom stereocenters. The summed E-state index contributed by atoms with van der Waals surface area (Å²) in [5.41, 5.74) is 9.10. The molecule has 1 aromatic heterocycles.